The van der Waals surface area contributed by atoms with Gasteiger partial charge in [-0.05, 0) is 45.7 Å². The molecule has 2 amide bonds. The van der Waals surface area contributed by atoms with Gasteiger partial charge in [0, 0.05) is 43.7 Å². The highest BCUT2D eigenvalue weighted by Crippen LogP contribution is 2.39. The Balaban J connectivity index is 1.63. The molecule has 154 valence electrons. The average Bonchev–Trinajstić information content (AvgIpc) is 2.89. The van der Waals surface area contributed by atoms with Crippen LogP contribution in [0.1, 0.15) is 56.8 Å². The summed E-state index contributed by atoms with van der Waals surface area (Å²) < 4.78 is 5.66. The molecule has 8 nitrogen and oxygen atoms in total. The van der Waals surface area contributed by atoms with E-state index < -0.39 is 0 Å². The lowest BCUT2D eigenvalue weighted by Gasteiger charge is -2.39. The highest BCUT2D eigenvalue weighted by molar-refractivity contribution is 5.93. The number of ether oxygens (including phenoxy) is 1. The van der Waals surface area contributed by atoms with Gasteiger partial charge in [-0.2, -0.15) is 0 Å². The van der Waals surface area contributed by atoms with Crippen LogP contribution in [-0.2, 0) is 9.57 Å². The van der Waals surface area contributed by atoms with Crippen LogP contribution >= 0.6 is 0 Å². The van der Waals surface area contributed by atoms with Crippen molar-refractivity contribution >= 4 is 17.8 Å². The van der Waals surface area contributed by atoms with E-state index >= 15 is 0 Å². The van der Waals surface area contributed by atoms with Gasteiger partial charge in [-0.25, -0.2) is 14.8 Å². The van der Waals surface area contributed by atoms with Gasteiger partial charge in [0.15, 0.2) is 0 Å². The van der Waals surface area contributed by atoms with E-state index in [1.807, 2.05) is 26.8 Å². The molecule has 0 radical (unpaired) electrons. The summed E-state index contributed by atoms with van der Waals surface area (Å²) in [4.78, 5) is 36.0. The number of nitrogens with one attached hydrogen (secondary N) is 1. The van der Waals surface area contributed by atoms with Crippen LogP contribution in [0, 0.1) is 0 Å². The van der Waals surface area contributed by atoms with E-state index in [1.165, 1.54) is 12.2 Å². The van der Waals surface area contributed by atoms with E-state index in [0.29, 0.717) is 17.6 Å². The van der Waals surface area contributed by atoms with Crippen LogP contribution in [0.15, 0.2) is 18.3 Å². The first kappa shape index (κ1) is 20.4. The van der Waals surface area contributed by atoms with Crippen LogP contribution in [-0.4, -0.2) is 59.9 Å². The first-order valence-electron chi connectivity index (χ1n) is 9.73. The number of piperidine rings is 1. The van der Waals surface area contributed by atoms with Crippen molar-refractivity contribution < 1.29 is 19.2 Å². The molecular weight excluding hydrogens is 360 g/mol. The van der Waals surface area contributed by atoms with E-state index in [0.717, 1.165) is 31.5 Å². The number of rotatable bonds is 4. The Morgan fingerprint density at radius 3 is 2.36 bits per heavy atom. The van der Waals surface area contributed by atoms with Gasteiger partial charge in [-0.3, -0.25) is 9.63 Å². The Morgan fingerprint density at radius 2 is 1.86 bits per heavy atom. The van der Waals surface area contributed by atoms with Gasteiger partial charge in [0.1, 0.15) is 11.9 Å². The third-order valence-corrected chi connectivity index (χ3v) is 5.26. The summed E-state index contributed by atoms with van der Waals surface area (Å²) in [5.74, 6) is 0.628. The SMILES string of the molecule is CON(C)C(=O)c1ccc(N2C3CCC2CC(OC(=O)NC(C)(C)C)C3)nc1. The normalized spacial score (nSPS) is 24.0. The predicted octanol–water partition coefficient (Wildman–Crippen LogP) is 2.74. The minimum atomic E-state index is -0.353. The lowest BCUT2D eigenvalue weighted by molar-refractivity contribution is -0.0757. The molecule has 2 aliphatic rings. The molecule has 0 saturated carbocycles. The molecule has 2 unspecified atom stereocenters. The summed E-state index contributed by atoms with van der Waals surface area (Å²) in [5, 5.41) is 4.03. The maximum Gasteiger partial charge on any atom is 0.407 e. The maximum absolute atomic E-state index is 12.1. The number of carbonyl (C=O) groups excluding carboxylic acids is 2. The zero-order chi connectivity index (χ0) is 20.5. The number of nitrogens with zero attached hydrogens (tertiary/aromatic N) is 3. The van der Waals surface area contributed by atoms with E-state index in [1.54, 1.807) is 19.3 Å². The van der Waals surface area contributed by atoms with Gasteiger partial charge in [0.25, 0.3) is 5.91 Å². The second-order valence-corrected chi connectivity index (χ2v) is 8.56. The summed E-state index contributed by atoms with van der Waals surface area (Å²) in [6.07, 6.45) is 4.86. The molecule has 3 heterocycles. The zero-order valence-electron chi connectivity index (χ0n) is 17.3. The van der Waals surface area contributed by atoms with Crippen molar-refractivity contribution in [2.45, 2.75) is 70.2 Å². The summed E-state index contributed by atoms with van der Waals surface area (Å²) in [6, 6.07) is 4.25. The number of carbonyl (C=O) groups is 2. The van der Waals surface area contributed by atoms with Crippen LogP contribution in [0.25, 0.3) is 0 Å². The molecule has 2 fully saturated rings. The molecule has 3 rings (SSSR count). The maximum atomic E-state index is 12.1. The Morgan fingerprint density at radius 1 is 1.21 bits per heavy atom. The van der Waals surface area contributed by atoms with E-state index in [9.17, 15) is 9.59 Å². The van der Waals surface area contributed by atoms with Crippen molar-refractivity contribution in [1.82, 2.24) is 15.4 Å². The van der Waals surface area contributed by atoms with E-state index in [-0.39, 0.29) is 23.6 Å². The number of alkyl carbamates (subject to hydrolysis) is 1. The van der Waals surface area contributed by atoms with Crippen molar-refractivity contribution in [3.63, 3.8) is 0 Å². The number of aromatic nitrogens is 1. The fraction of sp³-hybridized carbons (Fsp3) is 0.650. The monoisotopic (exact) mass is 390 g/mol. The molecule has 1 aromatic rings. The quantitative estimate of drug-likeness (QED) is 0.796. The van der Waals surface area contributed by atoms with Gasteiger partial charge >= 0.3 is 6.09 Å². The minimum absolute atomic E-state index is 0.0766. The number of pyridine rings is 1. The highest BCUT2D eigenvalue weighted by atomic mass is 16.7. The molecule has 28 heavy (non-hydrogen) atoms. The molecule has 2 saturated heterocycles. The van der Waals surface area contributed by atoms with E-state index in [4.69, 9.17) is 9.57 Å². The topological polar surface area (TPSA) is 84.0 Å². The van der Waals surface area contributed by atoms with Crippen LogP contribution in [0.4, 0.5) is 10.6 Å². The third-order valence-electron chi connectivity index (χ3n) is 5.26. The lowest BCUT2D eigenvalue weighted by atomic mass is 9.99. The van der Waals surface area contributed by atoms with Crippen LogP contribution in [0.5, 0.6) is 0 Å². The van der Waals surface area contributed by atoms with Crippen molar-refractivity contribution in [1.29, 1.82) is 0 Å². The summed E-state index contributed by atoms with van der Waals surface area (Å²) in [5.41, 5.74) is 0.175. The zero-order valence-corrected chi connectivity index (χ0v) is 17.3. The van der Waals surface area contributed by atoms with Crippen molar-refractivity contribution in [3.8, 4) is 0 Å². The molecule has 2 bridgehead atoms. The number of hydrogen-bond donors (Lipinski definition) is 1. The Labute approximate surface area is 166 Å². The summed E-state index contributed by atoms with van der Waals surface area (Å²) in [6.45, 7) is 5.81. The highest BCUT2D eigenvalue weighted by Gasteiger charge is 2.42. The smallest absolute Gasteiger partial charge is 0.407 e. The van der Waals surface area contributed by atoms with Crippen molar-refractivity contribution in [3.05, 3.63) is 23.9 Å². The van der Waals surface area contributed by atoms with Crippen molar-refractivity contribution in [2.24, 2.45) is 0 Å². The van der Waals surface area contributed by atoms with Gasteiger partial charge in [-0.1, -0.05) is 0 Å². The molecule has 0 aliphatic carbocycles. The predicted molar refractivity (Wildman–Crippen MR) is 105 cm³/mol. The first-order chi connectivity index (χ1) is 13.2. The number of fused-ring (bicyclic) bond motifs is 2. The molecule has 2 aliphatic heterocycles. The van der Waals surface area contributed by atoms with Crippen LogP contribution in [0.3, 0.4) is 0 Å². The van der Waals surface area contributed by atoms with Crippen molar-refractivity contribution in [2.75, 3.05) is 19.1 Å². The Hall–Kier alpha value is -2.35. The molecule has 1 aromatic heterocycles. The minimum Gasteiger partial charge on any atom is -0.446 e. The lowest BCUT2D eigenvalue weighted by Crippen LogP contribution is -2.48. The standard InChI is InChI=1S/C20H30N4O4/c1-20(2,3)22-19(26)28-16-10-14-7-8-15(11-16)24(14)17-9-6-13(12-21-17)18(25)23(4)27-5/h6,9,12,14-16H,7-8,10-11H2,1-5H3,(H,22,26). The Bertz CT molecular complexity index is 702. The second kappa shape index (κ2) is 7.95. The average molecular weight is 390 g/mol. The molecule has 1 N–H and O–H groups in total. The van der Waals surface area contributed by atoms with Gasteiger partial charge in [0.2, 0.25) is 0 Å². The molecule has 0 spiro atoms. The number of anilines is 1. The first-order valence-corrected chi connectivity index (χ1v) is 9.73. The van der Waals surface area contributed by atoms with E-state index in [2.05, 4.69) is 15.2 Å². The molecule has 8 heteroatoms. The number of amides is 2. The molecule has 2 atom stereocenters. The van der Waals surface area contributed by atoms with Gasteiger partial charge in [-0.15, -0.1) is 0 Å². The largest absolute Gasteiger partial charge is 0.446 e. The van der Waals surface area contributed by atoms with Crippen LogP contribution in [0.2, 0.25) is 0 Å². The fourth-order valence-electron chi connectivity index (χ4n) is 4.01. The summed E-state index contributed by atoms with van der Waals surface area (Å²) in [7, 11) is 3.02. The fourth-order valence-corrected chi connectivity index (χ4v) is 4.01. The third kappa shape index (κ3) is 4.55. The second-order valence-electron chi connectivity index (χ2n) is 8.56. The number of hydrogen-bond acceptors (Lipinski definition) is 6. The summed E-state index contributed by atoms with van der Waals surface area (Å²) >= 11 is 0. The molecular formula is C20H30N4O4. The van der Waals surface area contributed by atoms with Gasteiger partial charge in [0.05, 0.1) is 12.7 Å². The van der Waals surface area contributed by atoms with Crippen LogP contribution < -0.4 is 10.2 Å². The van der Waals surface area contributed by atoms with Gasteiger partial charge < -0.3 is 15.0 Å². The number of hydroxylamine groups is 2. The Kier molecular flexibility index (Phi) is 5.79. The molecule has 0 aromatic carbocycles.